The van der Waals surface area contributed by atoms with Crippen LogP contribution >= 0.6 is 0 Å². The molecule has 2 rings (SSSR count). The third-order valence-corrected chi connectivity index (χ3v) is 2.80. The van der Waals surface area contributed by atoms with Gasteiger partial charge in [-0.25, -0.2) is 0 Å². The van der Waals surface area contributed by atoms with Crippen molar-refractivity contribution in [2.24, 2.45) is 0 Å². The molecule has 0 aliphatic rings. The average molecular weight is 277 g/mol. The number of hydrogen-bond acceptors (Lipinski definition) is 4. The standard InChI is InChI=1S/C12H15N5O3/c1-2-3-16-8-10(17(19)20)4-11(16)12(18)13-5-9-6-14-15-7-9/h4,6-8H,2-3,5H2,1H3,(H,13,18)(H,14,15). The molecule has 8 heteroatoms. The fraction of sp³-hybridized carbons (Fsp3) is 0.333. The van der Waals surface area contributed by atoms with Crippen molar-refractivity contribution in [3.63, 3.8) is 0 Å². The number of nitrogens with one attached hydrogen (secondary N) is 2. The minimum absolute atomic E-state index is 0.0769. The molecule has 0 saturated heterocycles. The Bertz CT molecular complexity index is 603. The molecule has 0 aliphatic heterocycles. The molecule has 0 saturated carbocycles. The van der Waals surface area contributed by atoms with Crippen LogP contribution in [0.5, 0.6) is 0 Å². The molecule has 0 unspecified atom stereocenters. The van der Waals surface area contributed by atoms with Crippen LogP contribution in [0.4, 0.5) is 5.69 Å². The molecule has 2 aromatic rings. The van der Waals surface area contributed by atoms with E-state index in [1.54, 1.807) is 17.0 Å². The van der Waals surface area contributed by atoms with Crippen molar-refractivity contribution in [2.45, 2.75) is 26.4 Å². The highest BCUT2D eigenvalue weighted by molar-refractivity contribution is 5.93. The highest BCUT2D eigenvalue weighted by atomic mass is 16.6. The summed E-state index contributed by atoms with van der Waals surface area (Å²) in [7, 11) is 0. The van der Waals surface area contributed by atoms with E-state index in [0.717, 1.165) is 12.0 Å². The van der Waals surface area contributed by atoms with Crippen molar-refractivity contribution < 1.29 is 9.72 Å². The molecule has 2 heterocycles. The summed E-state index contributed by atoms with van der Waals surface area (Å²) in [6.07, 6.45) is 5.45. The second-order valence-corrected chi connectivity index (χ2v) is 4.32. The molecule has 0 spiro atoms. The molecule has 0 bridgehead atoms. The van der Waals surface area contributed by atoms with E-state index in [4.69, 9.17) is 0 Å². The van der Waals surface area contributed by atoms with Gasteiger partial charge in [0.15, 0.2) is 0 Å². The maximum Gasteiger partial charge on any atom is 0.287 e. The van der Waals surface area contributed by atoms with Gasteiger partial charge in [0.1, 0.15) is 5.69 Å². The first kappa shape index (κ1) is 13.8. The first-order valence-electron chi connectivity index (χ1n) is 6.22. The molecule has 0 radical (unpaired) electrons. The minimum atomic E-state index is -0.501. The topological polar surface area (TPSA) is 106 Å². The van der Waals surface area contributed by atoms with Crippen LogP contribution in [0.1, 0.15) is 29.4 Å². The molecule has 106 valence electrons. The van der Waals surface area contributed by atoms with Crippen LogP contribution in [0.25, 0.3) is 0 Å². The van der Waals surface area contributed by atoms with Gasteiger partial charge in [-0.1, -0.05) is 6.92 Å². The summed E-state index contributed by atoms with van der Waals surface area (Å²) in [5.41, 5.74) is 1.05. The molecule has 0 atom stereocenters. The fourth-order valence-electron chi connectivity index (χ4n) is 1.86. The van der Waals surface area contributed by atoms with E-state index in [9.17, 15) is 14.9 Å². The third-order valence-electron chi connectivity index (χ3n) is 2.80. The number of aryl methyl sites for hydroxylation is 1. The SMILES string of the molecule is CCCn1cc([N+](=O)[O-])cc1C(=O)NCc1cn[nH]c1. The van der Waals surface area contributed by atoms with Crippen molar-refractivity contribution in [2.75, 3.05) is 0 Å². The summed E-state index contributed by atoms with van der Waals surface area (Å²) in [6, 6.07) is 1.29. The van der Waals surface area contributed by atoms with Gasteiger partial charge in [0.2, 0.25) is 0 Å². The van der Waals surface area contributed by atoms with Crippen molar-refractivity contribution in [1.29, 1.82) is 0 Å². The zero-order valence-electron chi connectivity index (χ0n) is 11.0. The summed E-state index contributed by atoms with van der Waals surface area (Å²) in [4.78, 5) is 22.4. The van der Waals surface area contributed by atoms with Crippen LogP contribution in [0, 0.1) is 10.1 Å². The Kier molecular flexibility index (Phi) is 4.14. The molecular weight excluding hydrogens is 262 g/mol. The van der Waals surface area contributed by atoms with Gasteiger partial charge < -0.3 is 9.88 Å². The molecule has 1 amide bonds. The van der Waals surface area contributed by atoms with Crippen LogP contribution in [0.15, 0.2) is 24.7 Å². The van der Waals surface area contributed by atoms with Gasteiger partial charge in [-0.15, -0.1) is 0 Å². The first-order chi connectivity index (χ1) is 9.61. The number of hydrogen-bond donors (Lipinski definition) is 2. The van der Waals surface area contributed by atoms with Gasteiger partial charge in [0.05, 0.1) is 17.3 Å². The quantitative estimate of drug-likeness (QED) is 0.615. The van der Waals surface area contributed by atoms with Crippen molar-refractivity contribution >= 4 is 11.6 Å². The number of amides is 1. The summed E-state index contributed by atoms with van der Waals surface area (Å²) in [6.45, 7) is 2.82. The van der Waals surface area contributed by atoms with Gasteiger partial charge in [-0.2, -0.15) is 5.10 Å². The number of aromatic amines is 1. The summed E-state index contributed by atoms with van der Waals surface area (Å²) in [5, 5.41) is 19.9. The monoisotopic (exact) mass is 277 g/mol. The van der Waals surface area contributed by atoms with Crippen molar-refractivity contribution in [3.05, 3.63) is 46.0 Å². The fourth-order valence-corrected chi connectivity index (χ4v) is 1.86. The maximum absolute atomic E-state index is 12.1. The minimum Gasteiger partial charge on any atom is -0.347 e. The zero-order valence-corrected chi connectivity index (χ0v) is 11.0. The molecule has 2 N–H and O–H groups in total. The zero-order chi connectivity index (χ0) is 14.5. The van der Waals surface area contributed by atoms with E-state index < -0.39 is 4.92 Å². The molecule has 20 heavy (non-hydrogen) atoms. The Labute approximate surface area is 114 Å². The molecule has 2 aromatic heterocycles. The van der Waals surface area contributed by atoms with Gasteiger partial charge in [0, 0.05) is 30.9 Å². The Morgan fingerprint density at radius 1 is 1.60 bits per heavy atom. The Hall–Kier alpha value is -2.64. The largest absolute Gasteiger partial charge is 0.347 e. The van der Waals surface area contributed by atoms with E-state index in [0.29, 0.717) is 18.8 Å². The van der Waals surface area contributed by atoms with Crippen LogP contribution in [0.2, 0.25) is 0 Å². The lowest BCUT2D eigenvalue weighted by Crippen LogP contribution is -2.25. The van der Waals surface area contributed by atoms with Crippen LogP contribution in [0.3, 0.4) is 0 Å². The maximum atomic E-state index is 12.1. The molecular formula is C12H15N5O3. The summed E-state index contributed by atoms with van der Waals surface area (Å²) < 4.78 is 1.60. The second kappa shape index (κ2) is 6.00. The molecule has 8 nitrogen and oxygen atoms in total. The van der Waals surface area contributed by atoms with E-state index in [2.05, 4.69) is 15.5 Å². The van der Waals surface area contributed by atoms with E-state index in [1.165, 1.54) is 12.3 Å². The predicted octanol–water partition coefficient (Wildman–Crippen LogP) is 1.46. The lowest BCUT2D eigenvalue weighted by Gasteiger charge is -2.07. The van der Waals surface area contributed by atoms with Crippen LogP contribution in [-0.4, -0.2) is 25.6 Å². The number of H-pyrrole nitrogens is 1. The van der Waals surface area contributed by atoms with Gasteiger partial charge >= 0.3 is 0 Å². The summed E-state index contributed by atoms with van der Waals surface area (Å²) in [5.74, 6) is -0.340. The number of carbonyl (C=O) groups is 1. The molecule has 0 fully saturated rings. The van der Waals surface area contributed by atoms with Gasteiger partial charge in [-0.3, -0.25) is 20.0 Å². The number of nitrogens with zero attached hydrogens (tertiary/aromatic N) is 3. The van der Waals surface area contributed by atoms with E-state index in [-0.39, 0.29) is 11.6 Å². The first-order valence-corrected chi connectivity index (χ1v) is 6.22. The van der Waals surface area contributed by atoms with Crippen molar-refractivity contribution in [3.8, 4) is 0 Å². The highest BCUT2D eigenvalue weighted by Gasteiger charge is 2.18. The lowest BCUT2D eigenvalue weighted by molar-refractivity contribution is -0.384. The van der Waals surface area contributed by atoms with Crippen LogP contribution < -0.4 is 5.32 Å². The van der Waals surface area contributed by atoms with Gasteiger partial charge in [0.25, 0.3) is 11.6 Å². The number of aromatic nitrogens is 3. The van der Waals surface area contributed by atoms with Gasteiger partial charge in [-0.05, 0) is 6.42 Å². The van der Waals surface area contributed by atoms with Crippen molar-refractivity contribution in [1.82, 2.24) is 20.1 Å². The Morgan fingerprint density at radius 2 is 2.40 bits per heavy atom. The highest BCUT2D eigenvalue weighted by Crippen LogP contribution is 2.17. The number of rotatable bonds is 6. The molecule has 0 aromatic carbocycles. The normalized spacial score (nSPS) is 10.4. The van der Waals surface area contributed by atoms with E-state index >= 15 is 0 Å². The molecule has 0 aliphatic carbocycles. The smallest absolute Gasteiger partial charge is 0.287 e. The number of nitro groups is 1. The second-order valence-electron chi connectivity index (χ2n) is 4.32. The summed E-state index contributed by atoms with van der Waals surface area (Å²) >= 11 is 0. The number of carbonyl (C=O) groups excluding carboxylic acids is 1. The Balaban J connectivity index is 2.13. The van der Waals surface area contributed by atoms with E-state index in [1.807, 2.05) is 6.92 Å². The lowest BCUT2D eigenvalue weighted by atomic mass is 10.3. The van der Waals surface area contributed by atoms with Crippen LogP contribution in [-0.2, 0) is 13.1 Å². The predicted molar refractivity (Wildman–Crippen MR) is 71.1 cm³/mol. The Morgan fingerprint density at radius 3 is 3.00 bits per heavy atom. The third kappa shape index (κ3) is 3.02. The average Bonchev–Trinajstić information content (AvgIpc) is 3.05.